The molecular weight excluding hydrogens is 540 g/mol. The second-order valence-electron chi connectivity index (χ2n) is 10.3. The molecule has 1 aliphatic carbocycles. The van der Waals surface area contributed by atoms with Crippen molar-refractivity contribution in [2.75, 3.05) is 13.7 Å². The predicted octanol–water partition coefficient (Wildman–Crippen LogP) is 6.08. The van der Waals surface area contributed by atoms with Gasteiger partial charge >= 0.3 is 0 Å². The van der Waals surface area contributed by atoms with E-state index >= 15 is 0 Å². The first-order valence-corrected chi connectivity index (χ1v) is 15.0. The molecule has 0 radical (unpaired) electrons. The Labute approximate surface area is 239 Å². The first-order chi connectivity index (χ1) is 19.7. The molecule has 2 aromatic heterocycles. The van der Waals surface area contributed by atoms with Gasteiger partial charge in [-0.25, -0.2) is 12.4 Å². The molecule has 2 heterocycles. The molecular formula is C32H34N2O6S. The lowest BCUT2D eigenvalue weighted by molar-refractivity contribution is 0.300. The first kappa shape index (κ1) is 28.3. The lowest BCUT2D eigenvalue weighted by Crippen LogP contribution is -2.41. The molecule has 0 bridgehead atoms. The highest BCUT2D eigenvalue weighted by Crippen LogP contribution is 2.42. The molecule has 1 unspecified atom stereocenters. The zero-order valence-corrected chi connectivity index (χ0v) is 24.5. The summed E-state index contributed by atoms with van der Waals surface area (Å²) in [7, 11) is -2.35. The van der Waals surface area contributed by atoms with Gasteiger partial charge in [0.2, 0.25) is 10.0 Å². The number of hydrogen-bond acceptors (Lipinski definition) is 6. The molecule has 0 saturated carbocycles. The van der Waals surface area contributed by atoms with Crippen molar-refractivity contribution in [3.05, 3.63) is 106 Å². The summed E-state index contributed by atoms with van der Waals surface area (Å²) < 4.78 is 45.2. The molecule has 0 fully saturated rings. The van der Waals surface area contributed by atoms with Crippen molar-refractivity contribution in [3.63, 3.8) is 0 Å². The molecule has 0 amide bonds. The van der Waals surface area contributed by atoms with E-state index in [1.807, 2.05) is 68.5 Å². The standard InChI is InChI=1S/C32H34N2O6S/c1-5-18-39-29-11-10-27(40-21-23-6-8-26(38-4)9-7-23)20-28(29)25-12-15-32(3,22(2)19-25)41(36,37)34-17-14-24-13-16-33-31(35)30(24)34/h6-14,16-17,19-20H,5,15,18,21H2,1-4H3,(H,33,35). The van der Waals surface area contributed by atoms with Crippen LogP contribution in [-0.2, 0) is 16.6 Å². The average Bonchev–Trinajstić information content (AvgIpc) is 3.43. The van der Waals surface area contributed by atoms with Crippen molar-refractivity contribution >= 4 is 26.5 Å². The summed E-state index contributed by atoms with van der Waals surface area (Å²) in [6.07, 6.45) is 7.84. The monoisotopic (exact) mass is 574 g/mol. The molecule has 41 heavy (non-hydrogen) atoms. The normalized spacial score (nSPS) is 17.2. The summed E-state index contributed by atoms with van der Waals surface area (Å²) in [6.45, 7) is 6.50. The van der Waals surface area contributed by atoms with Crippen LogP contribution in [0.3, 0.4) is 0 Å². The van der Waals surface area contributed by atoms with Crippen molar-refractivity contribution in [2.45, 2.75) is 45.0 Å². The SMILES string of the molecule is CCCOc1ccc(OCc2ccc(OC)cc2)cc1C1=CCC(C)(S(=O)(=O)n2ccc3cc[nH]c(=O)c32)C(C)=C1. The molecule has 214 valence electrons. The van der Waals surface area contributed by atoms with E-state index in [2.05, 4.69) is 4.98 Å². The fourth-order valence-electron chi connectivity index (χ4n) is 4.95. The number of pyridine rings is 1. The Kier molecular flexibility index (Phi) is 7.82. The van der Waals surface area contributed by atoms with Gasteiger partial charge in [-0.15, -0.1) is 0 Å². The van der Waals surface area contributed by atoms with E-state index in [4.69, 9.17) is 14.2 Å². The van der Waals surface area contributed by atoms with Gasteiger partial charge in [0.25, 0.3) is 5.56 Å². The van der Waals surface area contributed by atoms with Crippen LogP contribution < -0.4 is 19.8 Å². The molecule has 5 rings (SSSR count). The van der Waals surface area contributed by atoms with Crippen molar-refractivity contribution < 1.29 is 22.6 Å². The molecule has 8 nitrogen and oxygen atoms in total. The van der Waals surface area contributed by atoms with E-state index in [0.29, 0.717) is 35.7 Å². The Bertz CT molecular complexity index is 1800. The Balaban J connectivity index is 1.46. The minimum atomic E-state index is -3.98. The van der Waals surface area contributed by atoms with Gasteiger partial charge in [-0.05, 0) is 85.9 Å². The Morgan fingerprint density at radius 2 is 1.78 bits per heavy atom. The highest BCUT2D eigenvalue weighted by Gasteiger charge is 2.43. The van der Waals surface area contributed by atoms with E-state index in [1.54, 1.807) is 26.2 Å². The molecule has 0 saturated heterocycles. The second-order valence-corrected chi connectivity index (χ2v) is 12.5. The fraction of sp³-hybridized carbons (Fsp3) is 0.281. The number of aromatic amines is 1. The lowest BCUT2D eigenvalue weighted by atomic mass is 9.87. The highest BCUT2D eigenvalue weighted by molar-refractivity contribution is 7.91. The number of benzene rings is 2. The number of ether oxygens (including phenoxy) is 3. The Hall–Kier alpha value is -4.24. The zero-order chi connectivity index (χ0) is 29.2. The third-order valence-corrected chi connectivity index (χ3v) is 10.1. The predicted molar refractivity (Wildman–Crippen MR) is 161 cm³/mol. The minimum absolute atomic E-state index is 0.119. The molecule has 9 heteroatoms. The summed E-state index contributed by atoms with van der Waals surface area (Å²) in [5.74, 6) is 2.16. The first-order valence-electron chi connectivity index (χ1n) is 13.5. The smallest absolute Gasteiger partial charge is 0.273 e. The van der Waals surface area contributed by atoms with E-state index in [1.165, 1.54) is 12.4 Å². The maximum Gasteiger partial charge on any atom is 0.273 e. The van der Waals surface area contributed by atoms with Crippen LogP contribution in [0.5, 0.6) is 17.2 Å². The van der Waals surface area contributed by atoms with E-state index < -0.39 is 20.3 Å². The number of methoxy groups -OCH3 is 1. The van der Waals surface area contributed by atoms with Gasteiger partial charge in [-0.3, -0.25) is 4.79 Å². The fourth-order valence-corrected chi connectivity index (χ4v) is 6.79. The number of nitrogens with one attached hydrogen (secondary N) is 1. The van der Waals surface area contributed by atoms with Crippen molar-refractivity contribution in [1.29, 1.82) is 0 Å². The highest BCUT2D eigenvalue weighted by atomic mass is 32.2. The summed E-state index contributed by atoms with van der Waals surface area (Å²) in [6, 6.07) is 16.7. The third kappa shape index (κ3) is 5.29. The number of hydrogen-bond donors (Lipinski definition) is 1. The number of allylic oxidation sites excluding steroid dienone is 3. The molecule has 0 spiro atoms. The number of nitrogens with zero attached hydrogens (tertiary/aromatic N) is 1. The Morgan fingerprint density at radius 1 is 1.02 bits per heavy atom. The van der Waals surface area contributed by atoms with Crippen LogP contribution in [0.25, 0.3) is 16.5 Å². The summed E-state index contributed by atoms with van der Waals surface area (Å²) >= 11 is 0. The number of rotatable bonds is 10. The van der Waals surface area contributed by atoms with E-state index in [-0.39, 0.29) is 11.9 Å². The number of fused-ring (bicyclic) bond motifs is 1. The zero-order valence-electron chi connectivity index (χ0n) is 23.6. The summed E-state index contributed by atoms with van der Waals surface area (Å²) in [5, 5.41) is 0.568. The topological polar surface area (TPSA) is 99.6 Å². The van der Waals surface area contributed by atoms with Gasteiger partial charge in [0.1, 0.15) is 34.1 Å². The van der Waals surface area contributed by atoms with E-state index in [9.17, 15) is 13.2 Å². The van der Waals surface area contributed by atoms with Crippen LogP contribution in [0.2, 0.25) is 0 Å². The maximum absolute atomic E-state index is 14.0. The minimum Gasteiger partial charge on any atom is -0.497 e. The molecule has 0 aliphatic heterocycles. The quantitative estimate of drug-likeness (QED) is 0.247. The Morgan fingerprint density at radius 3 is 2.49 bits per heavy atom. The largest absolute Gasteiger partial charge is 0.497 e. The average molecular weight is 575 g/mol. The van der Waals surface area contributed by atoms with Gasteiger partial charge in [0, 0.05) is 23.3 Å². The van der Waals surface area contributed by atoms with E-state index in [0.717, 1.165) is 32.8 Å². The van der Waals surface area contributed by atoms with Crippen LogP contribution in [-0.4, -0.2) is 35.8 Å². The van der Waals surface area contributed by atoms with Gasteiger partial charge in [0.05, 0.1) is 13.7 Å². The third-order valence-electron chi connectivity index (χ3n) is 7.61. The summed E-state index contributed by atoms with van der Waals surface area (Å²) in [5.41, 5.74) is 3.02. The summed E-state index contributed by atoms with van der Waals surface area (Å²) in [4.78, 5) is 15.1. The molecule has 1 aliphatic rings. The van der Waals surface area contributed by atoms with Crippen LogP contribution >= 0.6 is 0 Å². The number of H-pyrrole nitrogens is 1. The molecule has 2 aromatic carbocycles. The maximum atomic E-state index is 14.0. The molecule has 1 N–H and O–H groups in total. The van der Waals surface area contributed by atoms with Crippen LogP contribution in [0.1, 0.15) is 44.7 Å². The second kappa shape index (κ2) is 11.3. The van der Waals surface area contributed by atoms with Gasteiger partial charge < -0.3 is 19.2 Å². The van der Waals surface area contributed by atoms with Crippen molar-refractivity contribution in [2.24, 2.45) is 0 Å². The van der Waals surface area contributed by atoms with Gasteiger partial charge in [-0.2, -0.15) is 0 Å². The van der Waals surface area contributed by atoms with Crippen molar-refractivity contribution in [3.8, 4) is 17.2 Å². The van der Waals surface area contributed by atoms with Crippen LogP contribution in [0.15, 0.2) is 89.5 Å². The van der Waals surface area contributed by atoms with Gasteiger partial charge in [0.15, 0.2) is 0 Å². The lowest BCUT2D eigenvalue weighted by Gasteiger charge is -2.33. The van der Waals surface area contributed by atoms with Crippen LogP contribution in [0.4, 0.5) is 0 Å². The van der Waals surface area contributed by atoms with Crippen LogP contribution in [0, 0.1) is 0 Å². The van der Waals surface area contributed by atoms with Gasteiger partial charge in [-0.1, -0.05) is 31.2 Å². The number of aromatic nitrogens is 2. The molecule has 1 atom stereocenters. The van der Waals surface area contributed by atoms with Crippen molar-refractivity contribution in [1.82, 2.24) is 8.96 Å². The molecule has 4 aromatic rings.